The Balaban J connectivity index is 1.60. The van der Waals surface area contributed by atoms with Crippen LogP contribution in [0.25, 0.3) is 11.1 Å². The highest BCUT2D eigenvalue weighted by Gasteiger charge is 2.15. The lowest BCUT2D eigenvalue weighted by atomic mass is 9.93. The number of aryl methyl sites for hydroxylation is 1. The molecule has 0 radical (unpaired) electrons. The SMILES string of the molecule is Nc1ccc(-c2ccc(C(=O)CC(C=O)CCc3ccccc3)cc2)cc1. The van der Waals surface area contributed by atoms with E-state index in [-0.39, 0.29) is 18.1 Å². The monoisotopic (exact) mass is 357 g/mol. The fourth-order valence-electron chi connectivity index (χ4n) is 3.10. The number of carbonyl (C=O) groups excluding carboxylic acids is 2. The van der Waals surface area contributed by atoms with Gasteiger partial charge in [-0.25, -0.2) is 0 Å². The molecule has 3 aromatic carbocycles. The molecule has 0 aliphatic carbocycles. The molecule has 0 aromatic heterocycles. The molecule has 3 heteroatoms. The molecule has 0 amide bonds. The third kappa shape index (κ3) is 5.14. The van der Waals surface area contributed by atoms with Crippen molar-refractivity contribution in [2.45, 2.75) is 19.3 Å². The Morgan fingerprint density at radius 3 is 2.04 bits per heavy atom. The Bertz CT molecular complexity index is 884. The first-order valence-electron chi connectivity index (χ1n) is 9.14. The average Bonchev–Trinajstić information content (AvgIpc) is 2.72. The summed E-state index contributed by atoms with van der Waals surface area (Å²) < 4.78 is 0. The van der Waals surface area contributed by atoms with Gasteiger partial charge >= 0.3 is 0 Å². The highest BCUT2D eigenvalue weighted by molar-refractivity contribution is 5.97. The number of rotatable bonds is 8. The first-order chi connectivity index (χ1) is 13.2. The van der Waals surface area contributed by atoms with E-state index < -0.39 is 0 Å². The van der Waals surface area contributed by atoms with E-state index in [9.17, 15) is 9.59 Å². The highest BCUT2D eigenvalue weighted by Crippen LogP contribution is 2.22. The third-order valence-electron chi connectivity index (χ3n) is 4.74. The maximum Gasteiger partial charge on any atom is 0.163 e. The second-order valence-corrected chi connectivity index (χ2v) is 6.75. The molecule has 27 heavy (non-hydrogen) atoms. The average molecular weight is 357 g/mol. The van der Waals surface area contributed by atoms with Gasteiger partial charge in [-0.2, -0.15) is 0 Å². The number of hydrogen-bond acceptors (Lipinski definition) is 3. The molecule has 1 atom stereocenters. The lowest BCUT2D eigenvalue weighted by Gasteiger charge is -2.10. The number of nitrogens with two attached hydrogens (primary N) is 1. The number of carbonyl (C=O) groups is 2. The van der Waals surface area contributed by atoms with E-state index in [2.05, 4.69) is 0 Å². The zero-order valence-corrected chi connectivity index (χ0v) is 15.2. The van der Waals surface area contributed by atoms with Gasteiger partial charge in [-0.3, -0.25) is 4.79 Å². The fraction of sp³-hybridized carbons (Fsp3) is 0.167. The fourth-order valence-corrected chi connectivity index (χ4v) is 3.10. The van der Waals surface area contributed by atoms with Gasteiger partial charge in [0.05, 0.1) is 0 Å². The summed E-state index contributed by atoms with van der Waals surface area (Å²) in [5, 5.41) is 0. The van der Waals surface area contributed by atoms with Crippen molar-refractivity contribution in [3.63, 3.8) is 0 Å². The molecule has 0 saturated carbocycles. The van der Waals surface area contributed by atoms with E-state index in [0.29, 0.717) is 12.0 Å². The van der Waals surface area contributed by atoms with Gasteiger partial charge in [-0.15, -0.1) is 0 Å². The van der Waals surface area contributed by atoms with E-state index in [1.807, 2.05) is 78.9 Å². The van der Waals surface area contributed by atoms with E-state index in [1.54, 1.807) is 0 Å². The van der Waals surface area contributed by atoms with Gasteiger partial charge in [-0.1, -0.05) is 66.7 Å². The molecule has 0 bridgehead atoms. The van der Waals surface area contributed by atoms with Gasteiger partial charge in [0.25, 0.3) is 0 Å². The first-order valence-corrected chi connectivity index (χ1v) is 9.14. The molecule has 2 N–H and O–H groups in total. The molecule has 3 rings (SSSR count). The smallest absolute Gasteiger partial charge is 0.163 e. The number of hydrogen-bond donors (Lipinski definition) is 1. The van der Waals surface area contributed by atoms with E-state index in [0.717, 1.165) is 29.5 Å². The Morgan fingerprint density at radius 2 is 1.44 bits per heavy atom. The predicted octanol–water partition coefficient (Wildman–Crippen LogP) is 4.96. The van der Waals surface area contributed by atoms with Crippen LogP contribution in [0.1, 0.15) is 28.8 Å². The summed E-state index contributed by atoms with van der Waals surface area (Å²) >= 11 is 0. The Labute approximate surface area is 159 Å². The first kappa shape index (κ1) is 18.6. The lowest BCUT2D eigenvalue weighted by Crippen LogP contribution is -2.11. The zero-order valence-electron chi connectivity index (χ0n) is 15.2. The number of anilines is 1. The minimum absolute atomic E-state index is 0.00372. The molecule has 0 aliphatic rings. The Morgan fingerprint density at radius 1 is 0.852 bits per heavy atom. The van der Waals surface area contributed by atoms with Crippen LogP contribution in [0.2, 0.25) is 0 Å². The highest BCUT2D eigenvalue weighted by atomic mass is 16.1. The molecule has 136 valence electrons. The standard InChI is InChI=1S/C24H23NO2/c25-23-14-12-21(13-15-23)20-8-10-22(11-9-20)24(27)16-19(17-26)7-6-18-4-2-1-3-5-18/h1-5,8-15,17,19H,6-7,16,25H2. The van der Waals surface area contributed by atoms with Crippen LogP contribution >= 0.6 is 0 Å². The summed E-state index contributed by atoms with van der Waals surface area (Å²) in [5.74, 6) is -0.251. The molecular weight excluding hydrogens is 334 g/mol. The second-order valence-electron chi connectivity index (χ2n) is 6.75. The van der Waals surface area contributed by atoms with Crippen LogP contribution in [0.15, 0.2) is 78.9 Å². The van der Waals surface area contributed by atoms with Crippen LogP contribution in [0.3, 0.4) is 0 Å². The van der Waals surface area contributed by atoms with Crippen molar-refractivity contribution in [1.29, 1.82) is 0 Å². The third-order valence-corrected chi connectivity index (χ3v) is 4.74. The minimum Gasteiger partial charge on any atom is -0.399 e. The molecule has 1 unspecified atom stereocenters. The van der Waals surface area contributed by atoms with Crippen molar-refractivity contribution in [2.75, 3.05) is 5.73 Å². The van der Waals surface area contributed by atoms with Crippen LogP contribution in [0.4, 0.5) is 5.69 Å². The minimum atomic E-state index is -0.255. The molecule has 0 fully saturated rings. The summed E-state index contributed by atoms with van der Waals surface area (Å²) in [6, 6.07) is 25.2. The second kappa shape index (κ2) is 8.95. The van der Waals surface area contributed by atoms with Gasteiger partial charge in [-0.05, 0) is 41.7 Å². The van der Waals surface area contributed by atoms with Crippen molar-refractivity contribution in [2.24, 2.45) is 5.92 Å². The number of aldehydes is 1. The van der Waals surface area contributed by atoms with Crippen LogP contribution in [0, 0.1) is 5.92 Å². The van der Waals surface area contributed by atoms with Crippen LogP contribution in [-0.2, 0) is 11.2 Å². The van der Waals surface area contributed by atoms with Crippen molar-refractivity contribution in [1.82, 2.24) is 0 Å². The van der Waals surface area contributed by atoms with Gasteiger partial charge in [0.2, 0.25) is 0 Å². The number of Topliss-reactive ketones (excluding diaryl/α,β-unsaturated/α-hetero) is 1. The topological polar surface area (TPSA) is 60.2 Å². The van der Waals surface area contributed by atoms with E-state index in [4.69, 9.17) is 5.73 Å². The number of ketones is 1. The molecular formula is C24H23NO2. The number of nitrogen functional groups attached to an aromatic ring is 1. The van der Waals surface area contributed by atoms with Gasteiger partial charge < -0.3 is 10.5 Å². The summed E-state index contributed by atoms with van der Waals surface area (Å²) in [4.78, 5) is 23.9. The van der Waals surface area contributed by atoms with Gasteiger partial charge in [0, 0.05) is 23.6 Å². The van der Waals surface area contributed by atoms with Crippen LogP contribution in [-0.4, -0.2) is 12.1 Å². The Kier molecular flexibility index (Phi) is 6.16. The summed E-state index contributed by atoms with van der Waals surface area (Å²) in [6.07, 6.45) is 2.64. The summed E-state index contributed by atoms with van der Waals surface area (Å²) in [5.41, 5.74) is 10.3. The molecule has 3 aromatic rings. The van der Waals surface area contributed by atoms with E-state index in [1.165, 1.54) is 5.56 Å². The van der Waals surface area contributed by atoms with Gasteiger partial charge in [0.1, 0.15) is 6.29 Å². The maximum atomic E-state index is 12.5. The van der Waals surface area contributed by atoms with E-state index >= 15 is 0 Å². The zero-order chi connectivity index (χ0) is 19.1. The molecule has 0 aliphatic heterocycles. The van der Waals surface area contributed by atoms with Crippen LogP contribution < -0.4 is 5.73 Å². The summed E-state index contributed by atoms with van der Waals surface area (Å²) in [6.45, 7) is 0. The quantitative estimate of drug-likeness (QED) is 0.352. The number of benzene rings is 3. The predicted molar refractivity (Wildman–Crippen MR) is 110 cm³/mol. The molecule has 0 heterocycles. The van der Waals surface area contributed by atoms with Crippen molar-refractivity contribution in [3.8, 4) is 11.1 Å². The van der Waals surface area contributed by atoms with Crippen molar-refractivity contribution in [3.05, 3.63) is 90.0 Å². The van der Waals surface area contributed by atoms with Crippen LogP contribution in [0.5, 0.6) is 0 Å². The molecule has 0 spiro atoms. The molecule has 0 saturated heterocycles. The lowest BCUT2D eigenvalue weighted by molar-refractivity contribution is -0.111. The Hall–Kier alpha value is -3.20. The van der Waals surface area contributed by atoms with Gasteiger partial charge in [0.15, 0.2) is 5.78 Å². The van der Waals surface area contributed by atoms with Crippen molar-refractivity contribution < 1.29 is 9.59 Å². The maximum absolute atomic E-state index is 12.5. The normalized spacial score (nSPS) is 11.7. The summed E-state index contributed by atoms with van der Waals surface area (Å²) in [7, 11) is 0. The largest absolute Gasteiger partial charge is 0.399 e. The molecule has 3 nitrogen and oxygen atoms in total. The van der Waals surface area contributed by atoms with Crippen molar-refractivity contribution >= 4 is 17.8 Å².